The van der Waals surface area contributed by atoms with Gasteiger partial charge in [0.2, 0.25) is 11.9 Å². The first-order valence-corrected chi connectivity index (χ1v) is 8.96. The van der Waals surface area contributed by atoms with Crippen LogP contribution in [0.15, 0.2) is 48.5 Å². The second kappa shape index (κ2) is 7.64. The van der Waals surface area contributed by atoms with Crippen LogP contribution in [-0.4, -0.2) is 27.9 Å². The number of aromatic nitrogens is 2. The number of hydrogen-bond donors (Lipinski definition) is 2. The predicted octanol–water partition coefficient (Wildman–Crippen LogP) is 3.03. The number of imidazole rings is 1. The number of halogens is 1. The van der Waals surface area contributed by atoms with E-state index in [1.54, 1.807) is 12.1 Å². The molecule has 25 heavy (non-hydrogen) atoms. The molecule has 0 fully saturated rings. The molecule has 3 aromatic rings. The van der Waals surface area contributed by atoms with Gasteiger partial charge in [-0.15, -0.1) is 0 Å². The summed E-state index contributed by atoms with van der Waals surface area (Å²) in [6.07, 6.45) is 0. The van der Waals surface area contributed by atoms with Crippen LogP contribution < -0.4 is 10.6 Å². The predicted molar refractivity (Wildman–Crippen MR) is 106 cm³/mol. The molecular formula is C18H17IN4O2. The molecule has 2 aromatic carbocycles. The molecule has 0 saturated carbocycles. The fourth-order valence-electron chi connectivity index (χ4n) is 2.56. The molecule has 0 saturated heterocycles. The Kier molecular flexibility index (Phi) is 5.32. The van der Waals surface area contributed by atoms with Crippen LogP contribution in [0.1, 0.15) is 17.3 Å². The van der Waals surface area contributed by atoms with Crippen molar-refractivity contribution in [3.8, 4) is 0 Å². The van der Waals surface area contributed by atoms with E-state index in [2.05, 4.69) is 38.2 Å². The highest BCUT2D eigenvalue weighted by atomic mass is 127. The third-order valence-corrected chi connectivity index (χ3v) is 4.69. The van der Waals surface area contributed by atoms with E-state index >= 15 is 0 Å². The van der Waals surface area contributed by atoms with Gasteiger partial charge >= 0.3 is 0 Å². The van der Waals surface area contributed by atoms with Crippen molar-refractivity contribution in [3.05, 3.63) is 57.7 Å². The van der Waals surface area contributed by atoms with Crippen LogP contribution in [0.3, 0.4) is 0 Å². The van der Waals surface area contributed by atoms with Crippen molar-refractivity contribution in [1.82, 2.24) is 14.9 Å². The summed E-state index contributed by atoms with van der Waals surface area (Å²) in [5, 5.41) is 5.41. The summed E-state index contributed by atoms with van der Waals surface area (Å²) >= 11 is 2.09. The number of rotatable bonds is 5. The standard InChI is InChI=1S/C18H17IN4O2/c1-2-23-15-10-6-5-9-14(15)21-18(23)22-16(24)11-20-17(25)12-7-3-4-8-13(12)19/h3-10H,2,11H2,1H3,(H,20,25)(H,21,22,24). The molecule has 6 nitrogen and oxygen atoms in total. The first-order chi connectivity index (χ1) is 12.1. The van der Waals surface area contributed by atoms with Crippen LogP contribution in [0.2, 0.25) is 0 Å². The van der Waals surface area contributed by atoms with Gasteiger partial charge in [0, 0.05) is 10.1 Å². The van der Waals surface area contributed by atoms with Gasteiger partial charge in [-0.3, -0.25) is 14.9 Å². The van der Waals surface area contributed by atoms with Crippen molar-refractivity contribution in [2.45, 2.75) is 13.5 Å². The van der Waals surface area contributed by atoms with E-state index in [1.165, 1.54) is 0 Å². The van der Waals surface area contributed by atoms with Crippen molar-refractivity contribution < 1.29 is 9.59 Å². The Labute approximate surface area is 158 Å². The molecule has 2 N–H and O–H groups in total. The zero-order chi connectivity index (χ0) is 17.8. The van der Waals surface area contributed by atoms with Crippen molar-refractivity contribution in [3.63, 3.8) is 0 Å². The van der Waals surface area contributed by atoms with Crippen LogP contribution in [0, 0.1) is 3.57 Å². The number of nitrogens with one attached hydrogen (secondary N) is 2. The first-order valence-electron chi connectivity index (χ1n) is 7.88. The largest absolute Gasteiger partial charge is 0.343 e. The Bertz CT molecular complexity index is 936. The lowest BCUT2D eigenvalue weighted by Crippen LogP contribution is -2.33. The van der Waals surface area contributed by atoms with Crippen molar-refractivity contribution in [2.75, 3.05) is 11.9 Å². The zero-order valence-electron chi connectivity index (χ0n) is 13.6. The van der Waals surface area contributed by atoms with Gasteiger partial charge in [0.25, 0.3) is 5.91 Å². The van der Waals surface area contributed by atoms with E-state index in [4.69, 9.17) is 0 Å². The molecule has 0 bridgehead atoms. The summed E-state index contributed by atoms with van der Waals surface area (Å²) in [5.41, 5.74) is 2.34. The second-order valence-corrected chi connectivity index (χ2v) is 6.54. The Morgan fingerprint density at radius 3 is 2.60 bits per heavy atom. The SMILES string of the molecule is CCn1c(NC(=O)CNC(=O)c2ccccc2I)nc2ccccc21. The molecular weight excluding hydrogens is 431 g/mol. The minimum atomic E-state index is -0.315. The van der Waals surface area contributed by atoms with E-state index in [0.29, 0.717) is 18.1 Å². The normalized spacial score (nSPS) is 10.6. The number of carbonyl (C=O) groups excluding carboxylic acids is 2. The van der Waals surface area contributed by atoms with Gasteiger partial charge in [0.05, 0.1) is 23.1 Å². The van der Waals surface area contributed by atoms with Crippen LogP contribution in [0.5, 0.6) is 0 Å². The molecule has 7 heteroatoms. The summed E-state index contributed by atoms with van der Waals surface area (Å²) in [7, 11) is 0. The van der Waals surface area contributed by atoms with Gasteiger partial charge in [-0.2, -0.15) is 0 Å². The Morgan fingerprint density at radius 1 is 1.12 bits per heavy atom. The molecule has 0 aliphatic rings. The number of fused-ring (bicyclic) bond motifs is 1. The molecule has 128 valence electrons. The number of amides is 2. The van der Waals surface area contributed by atoms with Gasteiger partial charge in [0.15, 0.2) is 0 Å². The lowest BCUT2D eigenvalue weighted by Gasteiger charge is -2.09. The highest BCUT2D eigenvalue weighted by molar-refractivity contribution is 14.1. The number of para-hydroxylation sites is 2. The van der Waals surface area contributed by atoms with Crippen molar-refractivity contribution >= 4 is 51.4 Å². The van der Waals surface area contributed by atoms with E-state index < -0.39 is 0 Å². The van der Waals surface area contributed by atoms with E-state index in [-0.39, 0.29) is 18.4 Å². The zero-order valence-corrected chi connectivity index (χ0v) is 15.8. The Hall–Kier alpha value is -2.42. The monoisotopic (exact) mass is 448 g/mol. The van der Waals surface area contributed by atoms with Crippen LogP contribution in [0.25, 0.3) is 11.0 Å². The third kappa shape index (κ3) is 3.81. The number of carbonyl (C=O) groups is 2. The van der Waals surface area contributed by atoms with E-state index in [9.17, 15) is 9.59 Å². The highest BCUT2D eigenvalue weighted by Gasteiger charge is 2.14. The summed E-state index contributed by atoms with van der Waals surface area (Å²) in [6.45, 7) is 2.56. The van der Waals surface area contributed by atoms with Crippen LogP contribution >= 0.6 is 22.6 Å². The van der Waals surface area contributed by atoms with Gasteiger partial charge in [-0.05, 0) is 53.8 Å². The minimum Gasteiger partial charge on any atom is -0.343 e. The third-order valence-electron chi connectivity index (χ3n) is 3.75. The van der Waals surface area contributed by atoms with Gasteiger partial charge < -0.3 is 9.88 Å². The summed E-state index contributed by atoms with van der Waals surface area (Å²) in [5.74, 6) is -0.106. The maximum atomic E-state index is 12.2. The molecule has 0 atom stereocenters. The molecule has 0 aliphatic carbocycles. The summed E-state index contributed by atoms with van der Waals surface area (Å²) in [4.78, 5) is 28.8. The molecule has 0 aliphatic heterocycles. The maximum absolute atomic E-state index is 12.2. The topological polar surface area (TPSA) is 76.0 Å². The lowest BCUT2D eigenvalue weighted by atomic mass is 10.2. The number of nitrogens with zero attached hydrogens (tertiary/aromatic N) is 2. The first kappa shape index (κ1) is 17.4. The number of hydrogen-bond acceptors (Lipinski definition) is 3. The second-order valence-electron chi connectivity index (χ2n) is 5.38. The van der Waals surface area contributed by atoms with Crippen molar-refractivity contribution in [1.29, 1.82) is 0 Å². The fourth-order valence-corrected chi connectivity index (χ4v) is 3.19. The molecule has 3 rings (SSSR count). The molecule has 0 spiro atoms. The highest BCUT2D eigenvalue weighted by Crippen LogP contribution is 2.19. The quantitative estimate of drug-likeness (QED) is 0.590. The Morgan fingerprint density at radius 2 is 1.84 bits per heavy atom. The van der Waals surface area contributed by atoms with Gasteiger partial charge in [0.1, 0.15) is 0 Å². The summed E-state index contributed by atoms with van der Waals surface area (Å²) in [6, 6.07) is 14.9. The Balaban J connectivity index is 1.67. The van der Waals surface area contributed by atoms with E-state index in [0.717, 1.165) is 14.6 Å². The fraction of sp³-hybridized carbons (Fsp3) is 0.167. The molecule has 1 heterocycles. The maximum Gasteiger partial charge on any atom is 0.252 e. The summed E-state index contributed by atoms with van der Waals surface area (Å²) < 4.78 is 2.76. The average molecular weight is 448 g/mol. The van der Waals surface area contributed by atoms with Gasteiger partial charge in [-0.1, -0.05) is 24.3 Å². The van der Waals surface area contributed by atoms with Crippen LogP contribution in [-0.2, 0) is 11.3 Å². The lowest BCUT2D eigenvalue weighted by molar-refractivity contribution is -0.115. The number of benzene rings is 2. The molecule has 0 unspecified atom stereocenters. The molecule has 1 aromatic heterocycles. The number of anilines is 1. The van der Waals surface area contributed by atoms with Gasteiger partial charge in [-0.25, -0.2) is 4.98 Å². The minimum absolute atomic E-state index is 0.114. The molecule has 0 radical (unpaired) electrons. The van der Waals surface area contributed by atoms with E-state index in [1.807, 2.05) is 47.9 Å². The van der Waals surface area contributed by atoms with Crippen molar-refractivity contribution in [2.24, 2.45) is 0 Å². The average Bonchev–Trinajstić information content (AvgIpc) is 2.97. The number of aryl methyl sites for hydroxylation is 1. The molecule has 2 amide bonds. The van der Waals surface area contributed by atoms with Crippen LogP contribution in [0.4, 0.5) is 5.95 Å². The smallest absolute Gasteiger partial charge is 0.252 e.